The summed E-state index contributed by atoms with van der Waals surface area (Å²) in [5.74, 6) is -0.230. The summed E-state index contributed by atoms with van der Waals surface area (Å²) >= 11 is 0. The van der Waals surface area contributed by atoms with Gasteiger partial charge in [0.25, 0.3) is 0 Å². The predicted molar refractivity (Wildman–Crippen MR) is 58.9 cm³/mol. The summed E-state index contributed by atoms with van der Waals surface area (Å²) in [5.41, 5.74) is 1.94. The molecule has 1 aromatic heterocycles. The molecule has 0 aliphatic carbocycles. The summed E-state index contributed by atoms with van der Waals surface area (Å²) in [4.78, 5) is 17.2. The second-order valence-corrected chi connectivity index (χ2v) is 3.25. The molecule has 1 rings (SSSR count). The van der Waals surface area contributed by atoms with Crippen LogP contribution >= 0.6 is 0 Å². The molecule has 1 heterocycles. The van der Waals surface area contributed by atoms with Gasteiger partial charge in [0, 0.05) is 24.1 Å². The summed E-state index contributed by atoms with van der Waals surface area (Å²) in [7, 11) is 1.40. The van der Waals surface area contributed by atoms with E-state index in [0.29, 0.717) is 0 Å². The van der Waals surface area contributed by atoms with Crippen molar-refractivity contribution in [3.05, 3.63) is 24.0 Å². The standard InChI is InChI=1S/C11H16N2O2/c1-4-13(8-11(14)15-3)10-5-6-12-9(2)7-10/h5-7H,4,8H2,1-3H3. The number of likely N-dealkylation sites (N-methyl/N-ethyl adjacent to an activating group) is 1. The molecular formula is C11H16N2O2. The first kappa shape index (κ1) is 11.5. The monoisotopic (exact) mass is 208 g/mol. The van der Waals surface area contributed by atoms with E-state index < -0.39 is 0 Å². The Morgan fingerprint density at radius 2 is 2.33 bits per heavy atom. The first-order valence-electron chi connectivity index (χ1n) is 4.91. The fourth-order valence-corrected chi connectivity index (χ4v) is 1.33. The predicted octanol–water partition coefficient (Wildman–Crippen LogP) is 1.39. The number of ether oxygens (including phenoxy) is 1. The second-order valence-electron chi connectivity index (χ2n) is 3.25. The van der Waals surface area contributed by atoms with E-state index in [1.807, 2.05) is 30.9 Å². The van der Waals surface area contributed by atoms with Crippen LogP contribution in [0, 0.1) is 6.92 Å². The Hall–Kier alpha value is -1.58. The molecule has 1 aromatic rings. The van der Waals surface area contributed by atoms with Gasteiger partial charge in [-0.25, -0.2) is 0 Å². The number of hydrogen-bond donors (Lipinski definition) is 0. The fraction of sp³-hybridized carbons (Fsp3) is 0.455. The highest BCUT2D eigenvalue weighted by molar-refractivity contribution is 5.75. The Balaban J connectivity index is 2.78. The van der Waals surface area contributed by atoms with Crippen molar-refractivity contribution in [1.29, 1.82) is 0 Å². The van der Waals surface area contributed by atoms with E-state index in [4.69, 9.17) is 0 Å². The van der Waals surface area contributed by atoms with Crippen LogP contribution in [0.3, 0.4) is 0 Å². The van der Waals surface area contributed by atoms with Gasteiger partial charge in [0.05, 0.1) is 7.11 Å². The Bertz CT molecular complexity index is 339. The molecule has 0 aliphatic rings. The zero-order valence-corrected chi connectivity index (χ0v) is 9.36. The van der Waals surface area contributed by atoms with Crippen LogP contribution in [0.5, 0.6) is 0 Å². The molecule has 4 heteroatoms. The molecule has 0 fully saturated rings. The van der Waals surface area contributed by atoms with Crippen LogP contribution < -0.4 is 4.90 Å². The number of pyridine rings is 1. The van der Waals surface area contributed by atoms with E-state index in [2.05, 4.69) is 9.72 Å². The molecule has 0 aliphatic heterocycles. The van der Waals surface area contributed by atoms with Crippen molar-refractivity contribution in [3.8, 4) is 0 Å². The summed E-state index contributed by atoms with van der Waals surface area (Å²) in [6.45, 7) is 4.96. The average Bonchev–Trinajstić information content (AvgIpc) is 2.25. The SMILES string of the molecule is CCN(CC(=O)OC)c1ccnc(C)c1. The van der Waals surface area contributed by atoms with Crippen LogP contribution in [-0.2, 0) is 9.53 Å². The maximum atomic E-state index is 11.2. The zero-order valence-electron chi connectivity index (χ0n) is 9.36. The van der Waals surface area contributed by atoms with E-state index in [-0.39, 0.29) is 12.5 Å². The molecule has 82 valence electrons. The second kappa shape index (κ2) is 5.34. The average molecular weight is 208 g/mol. The molecule has 0 atom stereocenters. The lowest BCUT2D eigenvalue weighted by molar-refractivity contribution is -0.138. The van der Waals surface area contributed by atoms with E-state index in [1.165, 1.54) is 7.11 Å². The van der Waals surface area contributed by atoms with Gasteiger partial charge in [0.15, 0.2) is 0 Å². The largest absolute Gasteiger partial charge is 0.468 e. The van der Waals surface area contributed by atoms with Gasteiger partial charge in [-0.1, -0.05) is 0 Å². The van der Waals surface area contributed by atoms with Crippen LogP contribution in [0.1, 0.15) is 12.6 Å². The summed E-state index contributed by atoms with van der Waals surface area (Å²) in [6, 6.07) is 3.84. The molecule has 0 radical (unpaired) electrons. The zero-order chi connectivity index (χ0) is 11.3. The molecule has 0 aromatic carbocycles. The molecule has 4 nitrogen and oxygen atoms in total. The number of nitrogens with zero attached hydrogens (tertiary/aromatic N) is 2. The van der Waals surface area contributed by atoms with Gasteiger partial charge >= 0.3 is 5.97 Å². The Morgan fingerprint density at radius 3 is 2.87 bits per heavy atom. The first-order chi connectivity index (χ1) is 7.17. The summed E-state index contributed by atoms with van der Waals surface area (Å²) in [6.07, 6.45) is 1.74. The van der Waals surface area contributed by atoms with E-state index >= 15 is 0 Å². The Kier molecular flexibility index (Phi) is 4.09. The number of esters is 1. The van der Waals surface area contributed by atoms with Crippen LogP contribution in [0.4, 0.5) is 5.69 Å². The lowest BCUT2D eigenvalue weighted by Crippen LogP contribution is -2.30. The smallest absolute Gasteiger partial charge is 0.325 e. The molecule has 0 bridgehead atoms. The van der Waals surface area contributed by atoms with Crippen molar-refractivity contribution < 1.29 is 9.53 Å². The van der Waals surface area contributed by atoms with Crippen molar-refractivity contribution in [2.45, 2.75) is 13.8 Å². The molecule has 0 N–H and O–H groups in total. The number of carbonyl (C=O) groups is 1. The van der Waals surface area contributed by atoms with Crippen LogP contribution in [0.15, 0.2) is 18.3 Å². The van der Waals surface area contributed by atoms with Crippen LogP contribution in [0.2, 0.25) is 0 Å². The minimum absolute atomic E-state index is 0.230. The van der Waals surface area contributed by atoms with Crippen molar-refractivity contribution in [1.82, 2.24) is 4.98 Å². The number of methoxy groups -OCH3 is 1. The minimum Gasteiger partial charge on any atom is -0.468 e. The third kappa shape index (κ3) is 3.23. The summed E-state index contributed by atoms with van der Waals surface area (Å²) in [5, 5.41) is 0. The number of hydrogen-bond acceptors (Lipinski definition) is 4. The van der Waals surface area contributed by atoms with Gasteiger partial charge in [0.1, 0.15) is 6.54 Å². The quantitative estimate of drug-likeness (QED) is 0.701. The van der Waals surface area contributed by atoms with Gasteiger partial charge in [-0.05, 0) is 26.0 Å². The molecule has 0 saturated heterocycles. The van der Waals surface area contributed by atoms with Crippen molar-refractivity contribution in [3.63, 3.8) is 0 Å². The number of aromatic nitrogens is 1. The van der Waals surface area contributed by atoms with E-state index in [9.17, 15) is 4.79 Å². The molecule has 0 saturated carbocycles. The number of aryl methyl sites for hydroxylation is 1. The first-order valence-corrected chi connectivity index (χ1v) is 4.91. The number of carbonyl (C=O) groups excluding carboxylic acids is 1. The van der Waals surface area contributed by atoms with E-state index in [0.717, 1.165) is 17.9 Å². The molecule has 0 spiro atoms. The Labute approximate surface area is 89.9 Å². The highest BCUT2D eigenvalue weighted by Crippen LogP contribution is 2.13. The molecule has 0 unspecified atom stereocenters. The normalized spacial score (nSPS) is 9.80. The number of rotatable bonds is 4. The lowest BCUT2D eigenvalue weighted by Gasteiger charge is -2.21. The third-order valence-electron chi connectivity index (χ3n) is 2.17. The topological polar surface area (TPSA) is 42.4 Å². The van der Waals surface area contributed by atoms with E-state index in [1.54, 1.807) is 6.20 Å². The van der Waals surface area contributed by atoms with Crippen molar-refractivity contribution in [2.24, 2.45) is 0 Å². The van der Waals surface area contributed by atoms with Crippen molar-refractivity contribution >= 4 is 11.7 Å². The van der Waals surface area contributed by atoms with Crippen LogP contribution in [0.25, 0.3) is 0 Å². The fourth-order valence-electron chi connectivity index (χ4n) is 1.33. The lowest BCUT2D eigenvalue weighted by atomic mass is 10.3. The Morgan fingerprint density at radius 1 is 1.60 bits per heavy atom. The molecular weight excluding hydrogens is 192 g/mol. The van der Waals surface area contributed by atoms with Crippen LogP contribution in [-0.4, -0.2) is 31.2 Å². The van der Waals surface area contributed by atoms with Crippen molar-refractivity contribution in [2.75, 3.05) is 25.1 Å². The summed E-state index contributed by atoms with van der Waals surface area (Å²) < 4.78 is 4.64. The van der Waals surface area contributed by atoms with Gasteiger partial charge in [-0.2, -0.15) is 0 Å². The highest BCUT2D eigenvalue weighted by atomic mass is 16.5. The third-order valence-corrected chi connectivity index (χ3v) is 2.17. The maximum Gasteiger partial charge on any atom is 0.325 e. The van der Waals surface area contributed by atoms with Gasteiger partial charge in [-0.3, -0.25) is 9.78 Å². The number of anilines is 1. The van der Waals surface area contributed by atoms with Gasteiger partial charge in [0.2, 0.25) is 0 Å². The molecule has 0 amide bonds. The molecule has 15 heavy (non-hydrogen) atoms. The van der Waals surface area contributed by atoms with Gasteiger partial charge < -0.3 is 9.64 Å². The maximum absolute atomic E-state index is 11.2. The van der Waals surface area contributed by atoms with Gasteiger partial charge in [-0.15, -0.1) is 0 Å². The minimum atomic E-state index is -0.230. The highest BCUT2D eigenvalue weighted by Gasteiger charge is 2.09.